The van der Waals surface area contributed by atoms with Crippen LogP contribution < -0.4 is 10.1 Å². The van der Waals surface area contributed by atoms with Gasteiger partial charge >= 0.3 is 5.97 Å². The van der Waals surface area contributed by atoms with Crippen LogP contribution in [0.25, 0.3) is 0 Å². The minimum Gasteiger partial charge on any atom is -0.485 e. The lowest BCUT2D eigenvalue weighted by molar-refractivity contribution is -0.147. The molecule has 0 aromatic heterocycles. The summed E-state index contributed by atoms with van der Waals surface area (Å²) in [5.74, 6) is -3.31. The number of rotatable bonds is 8. The lowest BCUT2D eigenvalue weighted by atomic mass is 9.94. The molecule has 0 saturated heterocycles. The standard InChI is InChI=1S/C15H19F2NO3/c1-2-8-18-15(14(19)20,10-6-7-10)9-21-13-11(16)4-3-5-12(13)17/h3-5,10,18H,2,6-9H2,1H3,(H,19,20). The van der Waals surface area contributed by atoms with Gasteiger partial charge in [0.25, 0.3) is 0 Å². The van der Waals surface area contributed by atoms with Crippen molar-refractivity contribution in [2.24, 2.45) is 5.92 Å². The third-order valence-electron chi connectivity index (χ3n) is 3.71. The van der Waals surface area contributed by atoms with Crippen molar-refractivity contribution >= 4 is 5.97 Å². The fraction of sp³-hybridized carbons (Fsp3) is 0.533. The maximum absolute atomic E-state index is 13.6. The first-order valence-corrected chi connectivity index (χ1v) is 7.06. The summed E-state index contributed by atoms with van der Waals surface area (Å²) in [4.78, 5) is 11.7. The number of carboxylic acids is 1. The molecular formula is C15H19F2NO3. The van der Waals surface area contributed by atoms with Crippen LogP contribution in [0.3, 0.4) is 0 Å². The minimum atomic E-state index is -1.29. The summed E-state index contributed by atoms with van der Waals surface area (Å²) in [6.07, 6.45) is 2.30. The van der Waals surface area contributed by atoms with Gasteiger partial charge in [-0.3, -0.25) is 10.1 Å². The van der Waals surface area contributed by atoms with Crippen molar-refractivity contribution in [2.75, 3.05) is 13.2 Å². The second kappa shape index (κ2) is 6.39. The van der Waals surface area contributed by atoms with Crippen molar-refractivity contribution in [3.8, 4) is 5.75 Å². The number of carbonyl (C=O) groups is 1. The van der Waals surface area contributed by atoms with E-state index in [-0.39, 0.29) is 12.5 Å². The quantitative estimate of drug-likeness (QED) is 0.774. The summed E-state index contributed by atoms with van der Waals surface area (Å²) < 4.78 is 32.3. The summed E-state index contributed by atoms with van der Waals surface area (Å²) in [5.41, 5.74) is -1.29. The SMILES string of the molecule is CCCNC(COc1c(F)cccc1F)(C(=O)O)C1CC1. The zero-order chi connectivity index (χ0) is 15.5. The molecule has 6 heteroatoms. The molecule has 0 amide bonds. The van der Waals surface area contributed by atoms with Gasteiger partial charge in [0.2, 0.25) is 0 Å². The molecule has 1 atom stereocenters. The smallest absolute Gasteiger partial charge is 0.327 e. The third-order valence-corrected chi connectivity index (χ3v) is 3.71. The molecule has 0 bridgehead atoms. The summed E-state index contributed by atoms with van der Waals surface area (Å²) in [5, 5.41) is 12.5. The number of nitrogens with one attached hydrogen (secondary N) is 1. The lowest BCUT2D eigenvalue weighted by Crippen LogP contribution is -2.58. The lowest BCUT2D eigenvalue weighted by Gasteiger charge is -2.30. The van der Waals surface area contributed by atoms with E-state index in [9.17, 15) is 18.7 Å². The van der Waals surface area contributed by atoms with Gasteiger partial charge in [0.05, 0.1) is 0 Å². The van der Waals surface area contributed by atoms with Crippen LogP contribution in [0.1, 0.15) is 26.2 Å². The Morgan fingerprint density at radius 2 is 2.05 bits per heavy atom. The monoisotopic (exact) mass is 299 g/mol. The van der Waals surface area contributed by atoms with Crippen LogP contribution in [0.5, 0.6) is 5.75 Å². The summed E-state index contributed by atoms with van der Waals surface area (Å²) in [6, 6.07) is 3.40. The Morgan fingerprint density at radius 1 is 1.43 bits per heavy atom. The fourth-order valence-electron chi connectivity index (χ4n) is 2.36. The third kappa shape index (κ3) is 3.32. The van der Waals surface area contributed by atoms with E-state index < -0.39 is 28.9 Å². The van der Waals surface area contributed by atoms with Gasteiger partial charge < -0.3 is 9.84 Å². The number of hydrogen-bond donors (Lipinski definition) is 2. The Labute approximate surface area is 122 Å². The molecule has 1 aliphatic carbocycles. The molecule has 21 heavy (non-hydrogen) atoms. The van der Waals surface area contributed by atoms with Crippen LogP contribution in [-0.4, -0.2) is 29.8 Å². The largest absolute Gasteiger partial charge is 0.485 e. The Hall–Kier alpha value is -1.69. The first-order valence-electron chi connectivity index (χ1n) is 7.06. The molecule has 1 aliphatic rings. The Kier molecular flexibility index (Phi) is 4.77. The highest BCUT2D eigenvalue weighted by Crippen LogP contribution is 2.40. The highest BCUT2D eigenvalue weighted by atomic mass is 19.1. The Balaban J connectivity index is 2.17. The summed E-state index contributed by atoms with van der Waals surface area (Å²) in [6.45, 7) is 2.13. The van der Waals surface area contributed by atoms with Crippen molar-refractivity contribution in [1.29, 1.82) is 0 Å². The molecule has 0 heterocycles. The van der Waals surface area contributed by atoms with Crippen LogP contribution in [0.4, 0.5) is 8.78 Å². The molecule has 0 spiro atoms. The number of para-hydroxylation sites is 1. The Bertz CT molecular complexity index is 499. The van der Waals surface area contributed by atoms with Crippen LogP contribution in [0.15, 0.2) is 18.2 Å². The highest BCUT2D eigenvalue weighted by Gasteiger charge is 2.51. The van der Waals surface area contributed by atoms with E-state index in [4.69, 9.17) is 4.74 Å². The predicted octanol–water partition coefficient (Wildman–Crippen LogP) is 2.58. The maximum Gasteiger partial charge on any atom is 0.327 e. The normalized spacial score (nSPS) is 17.3. The van der Waals surface area contributed by atoms with E-state index in [0.29, 0.717) is 6.54 Å². The molecule has 4 nitrogen and oxygen atoms in total. The molecule has 2 rings (SSSR count). The number of aliphatic carboxylic acids is 1. The fourth-order valence-corrected chi connectivity index (χ4v) is 2.36. The number of halogens is 2. The van der Waals surface area contributed by atoms with Gasteiger partial charge in [-0.2, -0.15) is 0 Å². The average molecular weight is 299 g/mol. The van der Waals surface area contributed by atoms with E-state index in [2.05, 4.69) is 5.32 Å². The van der Waals surface area contributed by atoms with Crippen LogP contribution in [0, 0.1) is 17.6 Å². The second-order valence-corrected chi connectivity index (χ2v) is 5.32. The zero-order valence-corrected chi connectivity index (χ0v) is 11.9. The molecule has 1 saturated carbocycles. The first kappa shape index (κ1) is 15.7. The van der Waals surface area contributed by atoms with Crippen molar-refractivity contribution < 1.29 is 23.4 Å². The van der Waals surface area contributed by atoms with E-state index in [1.165, 1.54) is 6.07 Å². The van der Waals surface area contributed by atoms with Gasteiger partial charge in [0, 0.05) is 0 Å². The topological polar surface area (TPSA) is 58.6 Å². The summed E-state index contributed by atoms with van der Waals surface area (Å²) >= 11 is 0. The van der Waals surface area contributed by atoms with Crippen molar-refractivity contribution in [3.63, 3.8) is 0 Å². The number of hydrogen-bond acceptors (Lipinski definition) is 3. The van der Waals surface area contributed by atoms with Gasteiger partial charge in [-0.15, -0.1) is 0 Å². The number of benzene rings is 1. The molecule has 1 aromatic rings. The number of carboxylic acid groups (broad SMARTS) is 1. The number of ether oxygens (including phenoxy) is 1. The first-order chi connectivity index (χ1) is 10.0. The minimum absolute atomic E-state index is 0.0728. The van der Waals surface area contributed by atoms with Gasteiger partial charge in [-0.25, -0.2) is 8.78 Å². The molecular weight excluding hydrogens is 280 g/mol. The van der Waals surface area contributed by atoms with Crippen molar-refractivity contribution in [2.45, 2.75) is 31.7 Å². The van der Waals surface area contributed by atoms with E-state index in [1.807, 2.05) is 6.92 Å². The maximum atomic E-state index is 13.6. The van der Waals surface area contributed by atoms with Gasteiger partial charge in [0.15, 0.2) is 22.9 Å². The van der Waals surface area contributed by atoms with Gasteiger partial charge in [-0.05, 0) is 43.9 Å². The molecule has 0 radical (unpaired) electrons. The molecule has 0 aliphatic heterocycles. The molecule has 2 N–H and O–H groups in total. The average Bonchev–Trinajstić information content (AvgIpc) is 3.26. The van der Waals surface area contributed by atoms with Gasteiger partial charge in [-0.1, -0.05) is 13.0 Å². The Morgan fingerprint density at radius 3 is 2.52 bits per heavy atom. The second-order valence-electron chi connectivity index (χ2n) is 5.32. The van der Waals surface area contributed by atoms with E-state index in [1.54, 1.807) is 0 Å². The van der Waals surface area contributed by atoms with Crippen molar-refractivity contribution in [3.05, 3.63) is 29.8 Å². The van der Waals surface area contributed by atoms with Crippen LogP contribution in [0.2, 0.25) is 0 Å². The van der Waals surface area contributed by atoms with Crippen molar-refractivity contribution in [1.82, 2.24) is 5.32 Å². The summed E-state index contributed by atoms with van der Waals surface area (Å²) in [7, 11) is 0. The van der Waals surface area contributed by atoms with Crippen LogP contribution in [-0.2, 0) is 4.79 Å². The van der Waals surface area contributed by atoms with E-state index in [0.717, 1.165) is 31.4 Å². The highest BCUT2D eigenvalue weighted by molar-refractivity contribution is 5.80. The van der Waals surface area contributed by atoms with Crippen LogP contribution >= 0.6 is 0 Å². The molecule has 1 fully saturated rings. The predicted molar refractivity (Wildman–Crippen MR) is 73.2 cm³/mol. The molecule has 116 valence electrons. The molecule has 1 aromatic carbocycles. The van der Waals surface area contributed by atoms with E-state index >= 15 is 0 Å². The molecule has 1 unspecified atom stereocenters. The van der Waals surface area contributed by atoms with Gasteiger partial charge in [0.1, 0.15) is 6.61 Å². The zero-order valence-electron chi connectivity index (χ0n) is 11.9.